The van der Waals surface area contributed by atoms with Gasteiger partial charge in [-0.05, 0) is 13.3 Å². The zero-order chi connectivity index (χ0) is 12.1. The van der Waals surface area contributed by atoms with Gasteiger partial charge in [0.1, 0.15) is 0 Å². The van der Waals surface area contributed by atoms with Gasteiger partial charge in [0.15, 0.2) is 7.85 Å². The van der Waals surface area contributed by atoms with Crippen LogP contribution in [-0.4, -0.2) is 32.2 Å². The Morgan fingerprint density at radius 2 is 1.87 bits per heavy atom. The van der Waals surface area contributed by atoms with Crippen molar-refractivity contribution in [3.8, 4) is 0 Å². The number of esters is 1. The number of carbonyl (C=O) groups excluding carboxylic acids is 1. The molecule has 0 spiro atoms. The van der Waals surface area contributed by atoms with Crippen LogP contribution in [0.2, 0.25) is 0 Å². The van der Waals surface area contributed by atoms with Gasteiger partial charge >= 0.3 is 5.97 Å². The molecule has 0 amide bonds. The maximum Gasteiger partial charge on any atom is 0.305 e. The molecule has 0 aliphatic rings. The predicted molar refractivity (Wildman–Crippen MR) is 46.1 cm³/mol. The predicted octanol–water partition coefficient (Wildman–Crippen LogP) is 2.12. The fourth-order valence-electron chi connectivity index (χ4n) is 0.855. The molecular weight excluding hydrogens is 215 g/mol. The first-order chi connectivity index (χ1) is 6.70. The van der Waals surface area contributed by atoms with Gasteiger partial charge in [-0.3, -0.25) is 4.79 Å². The lowest BCUT2D eigenvalue weighted by molar-refractivity contribution is -0.164. The van der Waals surface area contributed by atoms with Crippen LogP contribution in [-0.2, 0) is 9.53 Å². The molecular formula is C8H11BF4O2. The minimum absolute atomic E-state index is 0.127. The quantitative estimate of drug-likeness (QED) is 0.394. The van der Waals surface area contributed by atoms with E-state index in [1.54, 1.807) is 6.92 Å². The van der Waals surface area contributed by atoms with E-state index < -0.39 is 30.6 Å². The van der Waals surface area contributed by atoms with Crippen molar-refractivity contribution in [2.24, 2.45) is 0 Å². The van der Waals surface area contributed by atoms with Crippen LogP contribution in [0, 0.1) is 0 Å². The molecule has 2 nitrogen and oxygen atoms in total. The van der Waals surface area contributed by atoms with E-state index in [0.29, 0.717) is 0 Å². The Morgan fingerprint density at radius 3 is 2.27 bits per heavy atom. The Hall–Kier alpha value is -0.745. The van der Waals surface area contributed by atoms with Gasteiger partial charge in [0.2, 0.25) is 0 Å². The number of ether oxygens (including phenoxy) is 1. The van der Waals surface area contributed by atoms with Crippen LogP contribution < -0.4 is 0 Å². The van der Waals surface area contributed by atoms with Crippen molar-refractivity contribution in [1.29, 1.82) is 0 Å². The van der Waals surface area contributed by atoms with E-state index in [0.717, 1.165) is 0 Å². The molecule has 0 aromatic carbocycles. The minimum atomic E-state index is -4.55. The molecule has 0 atom stereocenters. The van der Waals surface area contributed by atoms with Gasteiger partial charge in [0, 0.05) is 12.8 Å². The number of hydrogen-bond donors (Lipinski definition) is 0. The van der Waals surface area contributed by atoms with Crippen LogP contribution in [0.15, 0.2) is 0 Å². The van der Waals surface area contributed by atoms with E-state index in [1.807, 2.05) is 0 Å². The maximum absolute atomic E-state index is 12.5. The van der Waals surface area contributed by atoms with Gasteiger partial charge < -0.3 is 4.74 Å². The zero-order valence-corrected chi connectivity index (χ0v) is 8.23. The van der Waals surface area contributed by atoms with Crippen LogP contribution in [0.5, 0.6) is 0 Å². The number of halogens is 4. The second kappa shape index (κ2) is 5.37. The molecule has 15 heavy (non-hydrogen) atoms. The summed E-state index contributed by atoms with van der Waals surface area (Å²) in [4.78, 5) is 10.7. The van der Waals surface area contributed by atoms with Crippen molar-refractivity contribution in [2.45, 2.75) is 37.9 Å². The fourth-order valence-corrected chi connectivity index (χ4v) is 0.855. The summed E-state index contributed by atoms with van der Waals surface area (Å²) in [7, 11) is 3.99. The van der Waals surface area contributed by atoms with Gasteiger partial charge in [-0.15, -0.1) is 0 Å². The standard InChI is InChI=1S/C8H11BF4O2/c1-2-15-6(14)4-3-5-7(10,11)8(9,12)13/h2-5H2,1H3. The molecule has 0 bridgehead atoms. The molecule has 0 rings (SSSR count). The number of alkyl halides is 4. The molecule has 7 heteroatoms. The summed E-state index contributed by atoms with van der Waals surface area (Å²) in [5.41, 5.74) is 0. The van der Waals surface area contributed by atoms with Gasteiger partial charge in [0.25, 0.3) is 11.7 Å². The molecule has 0 aromatic rings. The summed E-state index contributed by atoms with van der Waals surface area (Å²) in [6, 6.07) is 0. The van der Waals surface area contributed by atoms with E-state index in [4.69, 9.17) is 0 Å². The molecule has 0 aliphatic heterocycles. The molecule has 0 aliphatic carbocycles. The zero-order valence-electron chi connectivity index (χ0n) is 8.23. The summed E-state index contributed by atoms with van der Waals surface area (Å²) in [5, 5.41) is 0. The van der Waals surface area contributed by atoms with Crippen LogP contribution in [0.4, 0.5) is 17.6 Å². The first-order valence-electron chi connectivity index (χ1n) is 4.41. The molecule has 0 unspecified atom stereocenters. The average Bonchev–Trinajstić information content (AvgIpc) is 2.01. The molecule has 0 aromatic heterocycles. The molecule has 0 fully saturated rings. The Labute approximate surface area is 86.4 Å². The minimum Gasteiger partial charge on any atom is -0.466 e. The second-order valence-electron chi connectivity index (χ2n) is 2.99. The molecule has 0 heterocycles. The lowest BCUT2D eigenvalue weighted by atomic mass is 9.89. The van der Waals surface area contributed by atoms with E-state index in [1.165, 1.54) is 0 Å². The van der Waals surface area contributed by atoms with Gasteiger partial charge in [-0.1, -0.05) is 0 Å². The van der Waals surface area contributed by atoms with E-state index in [9.17, 15) is 22.4 Å². The van der Waals surface area contributed by atoms with Crippen molar-refractivity contribution in [3.05, 3.63) is 0 Å². The van der Waals surface area contributed by atoms with Gasteiger partial charge in [0.05, 0.1) is 6.61 Å². The second-order valence-corrected chi connectivity index (χ2v) is 2.99. The van der Waals surface area contributed by atoms with Crippen LogP contribution in [0.25, 0.3) is 0 Å². The highest BCUT2D eigenvalue weighted by Gasteiger charge is 2.50. The topological polar surface area (TPSA) is 26.3 Å². The first-order valence-corrected chi connectivity index (χ1v) is 4.41. The highest BCUT2D eigenvalue weighted by atomic mass is 19.3. The van der Waals surface area contributed by atoms with Crippen molar-refractivity contribution < 1.29 is 27.1 Å². The fraction of sp³-hybridized carbons (Fsp3) is 0.875. The molecule has 0 saturated carbocycles. The maximum atomic E-state index is 12.5. The molecule has 0 saturated heterocycles. The van der Waals surface area contributed by atoms with Crippen LogP contribution in [0.1, 0.15) is 26.2 Å². The third kappa shape index (κ3) is 5.04. The normalized spacial score (nSPS) is 12.6. The van der Waals surface area contributed by atoms with Crippen molar-refractivity contribution in [1.82, 2.24) is 0 Å². The highest BCUT2D eigenvalue weighted by molar-refractivity contribution is 6.13. The Kier molecular flexibility index (Phi) is 5.10. The number of carbonyl (C=O) groups is 1. The summed E-state index contributed by atoms with van der Waals surface area (Å²) in [6.45, 7) is 1.68. The summed E-state index contributed by atoms with van der Waals surface area (Å²) in [5.74, 6) is -9.53. The molecule has 86 valence electrons. The first kappa shape index (κ1) is 14.3. The molecule has 2 radical (unpaired) electrons. The largest absolute Gasteiger partial charge is 0.466 e. The summed E-state index contributed by atoms with van der Waals surface area (Å²) >= 11 is 0. The number of rotatable bonds is 6. The van der Waals surface area contributed by atoms with Crippen LogP contribution in [0.3, 0.4) is 0 Å². The smallest absolute Gasteiger partial charge is 0.305 e. The van der Waals surface area contributed by atoms with E-state index in [2.05, 4.69) is 12.6 Å². The Morgan fingerprint density at radius 1 is 1.33 bits per heavy atom. The third-order valence-corrected chi connectivity index (χ3v) is 1.66. The third-order valence-electron chi connectivity index (χ3n) is 1.66. The van der Waals surface area contributed by atoms with Crippen molar-refractivity contribution in [2.75, 3.05) is 6.61 Å². The summed E-state index contributed by atoms with van der Waals surface area (Å²) in [6.07, 6.45) is -1.85. The van der Waals surface area contributed by atoms with Crippen molar-refractivity contribution in [3.63, 3.8) is 0 Å². The lowest BCUT2D eigenvalue weighted by Gasteiger charge is -2.23. The number of hydrogen-bond acceptors (Lipinski definition) is 2. The van der Waals surface area contributed by atoms with Gasteiger partial charge in [-0.25, -0.2) is 17.6 Å². The Balaban J connectivity index is 3.91. The van der Waals surface area contributed by atoms with Crippen LogP contribution >= 0.6 is 0 Å². The monoisotopic (exact) mass is 226 g/mol. The van der Waals surface area contributed by atoms with Crippen molar-refractivity contribution >= 4 is 13.8 Å². The van der Waals surface area contributed by atoms with E-state index in [-0.39, 0.29) is 13.0 Å². The van der Waals surface area contributed by atoms with Gasteiger partial charge in [-0.2, -0.15) is 0 Å². The Bertz CT molecular complexity index is 215. The summed E-state index contributed by atoms with van der Waals surface area (Å²) < 4.78 is 53.7. The SMILES string of the molecule is [B]C(F)(F)C(F)(F)CCCC(=O)OCC. The van der Waals surface area contributed by atoms with E-state index >= 15 is 0 Å². The highest BCUT2D eigenvalue weighted by Crippen LogP contribution is 2.35. The molecule has 0 N–H and O–H groups in total. The lowest BCUT2D eigenvalue weighted by Crippen LogP contribution is -2.40. The average molecular weight is 226 g/mol.